The smallest absolute Gasteiger partial charge is 0.187 e. The molecule has 0 aliphatic heterocycles. The van der Waals surface area contributed by atoms with Crippen LogP contribution in [0.5, 0.6) is 0 Å². The molecule has 0 saturated heterocycles. The summed E-state index contributed by atoms with van der Waals surface area (Å²) in [6.45, 7) is 1.96. The van der Waals surface area contributed by atoms with Crippen LogP contribution in [-0.2, 0) is 0 Å². The molecule has 21 heavy (non-hydrogen) atoms. The van der Waals surface area contributed by atoms with Crippen molar-refractivity contribution in [1.29, 1.82) is 0 Å². The first-order chi connectivity index (χ1) is 10.1. The van der Waals surface area contributed by atoms with Crippen molar-refractivity contribution in [2.75, 3.05) is 5.73 Å². The van der Waals surface area contributed by atoms with Gasteiger partial charge < -0.3 is 5.73 Å². The number of benzene rings is 2. The predicted molar refractivity (Wildman–Crippen MR) is 83.8 cm³/mol. The lowest BCUT2D eigenvalue weighted by molar-refractivity contribution is 0.791. The highest BCUT2D eigenvalue weighted by molar-refractivity contribution is 6.43. The summed E-state index contributed by atoms with van der Waals surface area (Å²) in [4.78, 5) is 0. The zero-order valence-corrected chi connectivity index (χ0v) is 12.6. The third-order valence-electron chi connectivity index (χ3n) is 2.99. The highest BCUT2D eigenvalue weighted by Gasteiger charge is 2.15. The van der Waals surface area contributed by atoms with E-state index in [0.717, 1.165) is 11.1 Å². The minimum atomic E-state index is 0.397. The zero-order chi connectivity index (χ0) is 15.0. The van der Waals surface area contributed by atoms with Crippen molar-refractivity contribution >= 4 is 28.9 Å². The van der Waals surface area contributed by atoms with Gasteiger partial charge in [-0.2, -0.15) is 4.68 Å². The highest BCUT2D eigenvalue weighted by Crippen LogP contribution is 2.30. The highest BCUT2D eigenvalue weighted by atomic mass is 35.5. The normalized spacial score (nSPS) is 10.8. The largest absolute Gasteiger partial charge is 0.399 e. The molecule has 0 bridgehead atoms. The van der Waals surface area contributed by atoms with Crippen LogP contribution >= 0.6 is 23.2 Å². The third-order valence-corrected chi connectivity index (χ3v) is 3.80. The van der Waals surface area contributed by atoms with E-state index in [1.807, 2.05) is 25.1 Å². The molecule has 0 atom stereocenters. The number of hydrogen-bond donors (Lipinski definition) is 1. The van der Waals surface area contributed by atoms with Crippen molar-refractivity contribution < 1.29 is 0 Å². The first-order valence-corrected chi connectivity index (χ1v) is 6.92. The van der Waals surface area contributed by atoms with Crippen LogP contribution in [0.2, 0.25) is 10.0 Å². The van der Waals surface area contributed by atoms with E-state index < -0.39 is 0 Å². The van der Waals surface area contributed by atoms with Gasteiger partial charge in [0.15, 0.2) is 5.82 Å². The molecule has 7 heteroatoms. The van der Waals surface area contributed by atoms with Gasteiger partial charge in [-0.25, -0.2) is 0 Å². The Kier molecular flexibility index (Phi) is 3.53. The van der Waals surface area contributed by atoms with Crippen molar-refractivity contribution in [2.24, 2.45) is 0 Å². The van der Waals surface area contributed by atoms with E-state index in [9.17, 15) is 0 Å². The Bertz CT molecular complexity index is 793. The lowest BCUT2D eigenvalue weighted by Crippen LogP contribution is -2.01. The molecule has 2 aromatic carbocycles. The summed E-state index contributed by atoms with van der Waals surface area (Å²) >= 11 is 12.3. The maximum Gasteiger partial charge on any atom is 0.187 e. The molecule has 5 nitrogen and oxygen atoms in total. The predicted octanol–water partition coefficient (Wildman–Crippen LogP) is 3.53. The number of rotatable bonds is 2. The van der Waals surface area contributed by atoms with Crippen molar-refractivity contribution in [3.8, 4) is 17.1 Å². The van der Waals surface area contributed by atoms with Crippen LogP contribution in [0.1, 0.15) is 5.56 Å². The molecule has 0 radical (unpaired) electrons. The second-order valence-corrected chi connectivity index (χ2v) is 5.40. The maximum absolute atomic E-state index is 6.23. The van der Waals surface area contributed by atoms with Gasteiger partial charge >= 0.3 is 0 Å². The number of tetrazole rings is 1. The van der Waals surface area contributed by atoms with Crippen LogP contribution in [0.15, 0.2) is 36.4 Å². The summed E-state index contributed by atoms with van der Waals surface area (Å²) in [5.74, 6) is 0.551. The van der Waals surface area contributed by atoms with Crippen LogP contribution < -0.4 is 5.73 Å². The molecule has 0 aliphatic rings. The van der Waals surface area contributed by atoms with Gasteiger partial charge in [-0.3, -0.25) is 0 Å². The molecule has 0 unspecified atom stereocenters. The third kappa shape index (κ3) is 2.57. The molecule has 0 spiro atoms. The molecule has 106 valence electrons. The molecule has 0 aliphatic carbocycles. The van der Waals surface area contributed by atoms with Crippen LogP contribution in [0, 0.1) is 6.92 Å². The van der Waals surface area contributed by atoms with Gasteiger partial charge in [-0.15, -0.1) is 5.10 Å². The maximum atomic E-state index is 6.23. The number of nitrogens with zero attached hydrogens (tertiary/aromatic N) is 4. The Hall–Kier alpha value is -2.11. The summed E-state index contributed by atoms with van der Waals surface area (Å²) in [6.07, 6.45) is 0. The lowest BCUT2D eigenvalue weighted by atomic mass is 10.1. The lowest BCUT2D eigenvalue weighted by Gasteiger charge is -2.08. The standard InChI is InChI=1S/C14H11Cl2N5/c1-8-5-9(7-10(17)6-8)14-18-19-20-21(14)12-4-2-3-11(15)13(12)16/h2-7H,17H2,1H3. The second-order valence-electron chi connectivity index (χ2n) is 4.62. The Morgan fingerprint density at radius 3 is 2.71 bits per heavy atom. The molecular weight excluding hydrogens is 309 g/mol. The monoisotopic (exact) mass is 319 g/mol. The van der Waals surface area contributed by atoms with E-state index in [4.69, 9.17) is 28.9 Å². The first-order valence-electron chi connectivity index (χ1n) is 6.16. The minimum Gasteiger partial charge on any atom is -0.399 e. The van der Waals surface area contributed by atoms with E-state index in [1.54, 1.807) is 22.9 Å². The van der Waals surface area contributed by atoms with Crippen LogP contribution in [0.3, 0.4) is 0 Å². The summed E-state index contributed by atoms with van der Waals surface area (Å²) in [5, 5.41) is 12.6. The van der Waals surface area contributed by atoms with E-state index in [1.165, 1.54) is 0 Å². The quantitative estimate of drug-likeness (QED) is 0.733. The molecule has 1 heterocycles. The zero-order valence-electron chi connectivity index (χ0n) is 11.1. The average Bonchev–Trinajstić information content (AvgIpc) is 2.90. The van der Waals surface area contributed by atoms with Gasteiger partial charge in [0, 0.05) is 11.3 Å². The number of halogens is 2. The summed E-state index contributed by atoms with van der Waals surface area (Å²) < 4.78 is 1.54. The Labute approximate surface area is 131 Å². The van der Waals surface area contributed by atoms with Gasteiger partial charge in [0.05, 0.1) is 15.7 Å². The van der Waals surface area contributed by atoms with E-state index in [2.05, 4.69) is 15.5 Å². The van der Waals surface area contributed by atoms with Gasteiger partial charge in [-0.05, 0) is 53.2 Å². The summed E-state index contributed by atoms with van der Waals surface area (Å²) in [7, 11) is 0. The van der Waals surface area contributed by atoms with Crippen molar-refractivity contribution in [1.82, 2.24) is 20.2 Å². The molecule has 0 fully saturated rings. The van der Waals surface area contributed by atoms with Gasteiger partial charge in [-0.1, -0.05) is 29.3 Å². The van der Waals surface area contributed by atoms with E-state index >= 15 is 0 Å². The number of aromatic nitrogens is 4. The second kappa shape index (κ2) is 5.35. The fourth-order valence-electron chi connectivity index (χ4n) is 2.13. The van der Waals surface area contributed by atoms with Crippen molar-refractivity contribution in [2.45, 2.75) is 6.92 Å². The number of anilines is 1. The minimum absolute atomic E-state index is 0.397. The SMILES string of the molecule is Cc1cc(N)cc(-c2nnnn2-c2cccc(Cl)c2Cl)c1. The number of nitrogens with two attached hydrogens (primary N) is 1. The van der Waals surface area contributed by atoms with Crippen molar-refractivity contribution in [3.63, 3.8) is 0 Å². The topological polar surface area (TPSA) is 69.6 Å². The number of hydrogen-bond acceptors (Lipinski definition) is 4. The Balaban J connectivity index is 2.19. The number of aryl methyl sites for hydroxylation is 1. The molecule has 2 N–H and O–H groups in total. The fourth-order valence-corrected chi connectivity index (χ4v) is 2.50. The average molecular weight is 320 g/mol. The summed E-state index contributed by atoms with van der Waals surface area (Å²) in [6, 6.07) is 10.9. The molecule has 0 amide bonds. The van der Waals surface area contributed by atoms with Crippen LogP contribution in [0.4, 0.5) is 5.69 Å². The molecule has 0 saturated carbocycles. The Morgan fingerprint density at radius 1 is 1.14 bits per heavy atom. The molecule has 3 rings (SSSR count). The van der Waals surface area contributed by atoms with E-state index in [0.29, 0.717) is 27.2 Å². The molecule has 1 aromatic heterocycles. The van der Waals surface area contributed by atoms with Crippen LogP contribution in [0.25, 0.3) is 17.1 Å². The van der Waals surface area contributed by atoms with Gasteiger partial charge in [0.1, 0.15) is 0 Å². The first kappa shape index (κ1) is 13.9. The van der Waals surface area contributed by atoms with Gasteiger partial charge in [0.2, 0.25) is 0 Å². The van der Waals surface area contributed by atoms with Gasteiger partial charge in [0.25, 0.3) is 0 Å². The fraction of sp³-hybridized carbons (Fsp3) is 0.0714. The van der Waals surface area contributed by atoms with Crippen molar-refractivity contribution in [3.05, 3.63) is 52.0 Å². The van der Waals surface area contributed by atoms with E-state index in [-0.39, 0.29) is 0 Å². The Morgan fingerprint density at radius 2 is 1.95 bits per heavy atom. The summed E-state index contributed by atoms with van der Waals surface area (Å²) in [5.41, 5.74) is 8.99. The molecular formula is C14H11Cl2N5. The number of nitrogen functional groups attached to an aromatic ring is 1. The van der Waals surface area contributed by atoms with Crippen LogP contribution in [-0.4, -0.2) is 20.2 Å². The molecule has 3 aromatic rings.